The van der Waals surface area contributed by atoms with Crippen LogP contribution in [0.5, 0.6) is 0 Å². The summed E-state index contributed by atoms with van der Waals surface area (Å²) in [6, 6.07) is -0.800. The maximum atomic E-state index is 12.1. The number of amides is 1. The van der Waals surface area contributed by atoms with E-state index in [0.29, 0.717) is 0 Å². The zero-order valence-corrected chi connectivity index (χ0v) is 8.76. The van der Waals surface area contributed by atoms with Crippen molar-refractivity contribution in [2.45, 2.75) is 19.1 Å². The lowest BCUT2D eigenvalue weighted by molar-refractivity contribution is -0.159. The second-order valence-electron chi connectivity index (χ2n) is 2.88. The van der Waals surface area contributed by atoms with Crippen molar-refractivity contribution in [1.82, 2.24) is 15.5 Å². The average molecular weight is 258 g/mol. The number of nitrogens with one attached hydrogen (secondary N) is 1. The molecule has 90 valence electrons. The minimum Gasteiger partial charge on any atom is -0.345 e. The standard InChI is InChI=1S/C7H7ClF3N3O2/c1-3(12-4(15)2-8)5-13-6(16-14-5)7(9,10)11/h3H,2H2,1H3,(H,12,15). The highest BCUT2D eigenvalue weighted by Crippen LogP contribution is 2.28. The van der Waals surface area contributed by atoms with Crippen LogP contribution >= 0.6 is 11.6 Å². The first-order chi connectivity index (χ1) is 7.34. The number of aromatic nitrogens is 2. The predicted molar refractivity (Wildman–Crippen MR) is 46.6 cm³/mol. The fraction of sp³-hybridized carbons (Fsp3) is 0.571. The van der Waals surface area contributed by atoms with E-state index in [4.69, 9.17) is 11.6 Å². The molecule has 0 fully saturated rings. The van der Waals surface area contributed by atoms with Crippen molar-refractivity contribution in [3.63, 3.8) is 0 Å². The maximum absolute atomic E-state index is 12.1. The molecule has 0 aliphatic heterocycles. The summed E-state index contributed by atoms with van der Waals surface area (Å²) in [4.78, 5) is 14.0. The molecule has 1 rings (SSSR count). The molecule has 16 heavy (non-hydrogen) atoms. The Balaban J connectivity index is 2.74. The first-order valence-corrected chi connectivity index (χ1v) is 4.64. The van der Waals surface area contributed by atoms with Gasteiger partial charge in [-0.1, -0.05) is 5.16 Å². The number of halogens is 4. The SMILES string of the molecule is CC(NC(=O)CCl)c1noc(C(F)(F)F)n1. The summed E-state index contributed by atoms with van der Waals surface area (Å²) < 4.78 is 40.3. The predicted octanol–water partition coefficient (Wildman–Crippen LogP) is 1.50. The van der Waals surface area contributed by atoms with Crippen molar-refractivity contribution < 1.29 is 22.5 Å². The van der Waals surface area contributed by atoms with Gasteiger partial charge in [-0.25, -0.2) is 0 Å². The Hall–Kier alpha value is -1.31. The average Bonchev–Trinajstić information content (AvgIpc) is 2.65. The smallest absolute Gasteiger partial charge is 0.345 e. The van der Waals surface area contributed by atoms with Gasteiger partial charge in [0.25, 0.3) is 0 Å². The van der Waals surface area contributed by atoms with Crippen molar-refractivity contribution >= 4 is 17.5 Å². The Bertz CT molecular complexity index is 379. The van der Waals surface area contributed by atoms with Crippen LogP contribution in [0.15, 0.2) is 4.52 Å². The van der Waals surface area contributed by atoms with E-state index in [0.717, 1.165) is 0 Å². The van der Waals surface area contributed by atoms with Crippen LogP contribution in [0.1, 0.15) is 24.7 Å². The van der Waals surface area contributed by atoms with Gasteiger partial charge in [-0.05, 0) is 6.92 Å². The van der Waals surface area contributed by atoms with E-state index in [9.17, 15) is 18.0 Å². The summed E-state index contributed by atoms with van der Waals surface area (Å²) in [7, 11) is 0. The van der Waals surface area contributed by atoms with Gasteiger partial charge in [0.2, 0.25) is 5.91 Å². The third kappa shape index (κ3) is 3.09. The second kappa shape index (κ2) is 4.69. The van der Waals surface area contributed by atoms with E-state index in [1.165, 1.54) is 6.92 Å². The summed E-state index contributed by atoms with van der Waals surface area (Å²) >= 11 is 5.21. The number of alkyl halides is 4. The lowest BCUT2D eigenvalue weighted by Crippen LogP contribution is -2.28. The Morgan fingerprint density at radius 1 is 1.62 bits per heavy atom. The highest BCUT2D eigenvalue weighted by Gasteiger charge is 2.38. The molecule has 1 unspecified atom stereocenters. The van der Waals surface area contributed by atoms with E-state index in [-0.39, 0.29) is 11.7 Å². The quantitative estimate of drug-likeness (QED) is 0.834. The summed E-state index contributed by atoms with van der Waals surface area (Å²) in [5.74, 6) is -2.54. The van der Waals surface area contributed by atoms with Crippen molar-refractivity contribution in [2.24, 2.45) is 0 Å². The molecule has 1 heterocycles. The first-order valence-electron chi connectivity index (χ1n) is 4.10. The second-order valence-corrected chi connectivity index (χ2v) is 3.15. The van der Waals surface area contributed by atoms with Gasteiger partial charge < -0.3 is 9.84 Å². The lowest BCUT2D eigenvalue weighted by atomic mass is 10.3. The topological polar surface area (TPSA) is 68.0 Å². The zero-order chi connectivity index (χ0) is 12.3. The summed E-state index contributed by atoms with van der Waals surface area (Å²) in [5, 5.41) is 5.39. The summed E-state index contributed by atoms with van der Waals surface area (Å²) in [5.41, 5.74) is 0. The van der Waals surface area contributed by atoms with Crippen LogP contribution in [0.2, 0.25) is 0 Å². The van der Waals surface area contributed by atoms with Crippen molar-refractivity contribution in [3.05, 3.63) is 11.7 Å². The molecule has 0 radical (unpaired) electrons. The zero-order valence-electron chi connectivity index (χ0n) is 8.01. The third-order valence-electron chi connectivity index (χ3n) is 1.57. The molecule has 1 N–H and O–H groups in total. The van der Waals surface area contributed by atoms with Gasteiger partial charge in [-0.15, -0.1) is 11.6 Å². The maximum Gasteiger partial charge on any atom is 0.471 e. The first kappa shape index (κ1) is 12.8. The van der Waals surface area contributed by atoms with Crippen LogP contribution in [0.25, 0.3) is 0 Å². The van der Waals surface area contributed by atoms with Crippen LogP contribution in [0.4, 0.5) is 13.2 Å². The van der Waals surface area contributed by atoms with E-state index >= 15 is 0 Å². The fourth-order valence-electron chi connectivity index (χ4n) is 0.870. The summed E-state index contributed by atoms with van der Waals surface area (Å²) in [6.45, 7) is 1.41. The molecule has 1 aromatic heterocycles. The Morgan fingerprint density at radius 2 is 2.25 bits per heavy atom. The molecule has 1 atom stereocenters. The van der Waals surface area contributed by atoms with Gasteiger partial charge in [0.15, 0.2) is 5.82 Å². The van der Waals surface area contributed by atoms with E-state index in [1.54, 1.807) is 0 Å². The van der Waals surface area contributed by atoms with Crippen molar-refractivity contribution in [2.75, 3.05) is 5.88 Å². The molecule has 0 saturated carbocycles. The molecular weight excluding hydrogens is 251 g/mol. The Morgan fingerprint density at radius 3 is 2.69 bits per heavy atom. The number of rotatable bonds is 3. The highest BCUT2D eigenvalue weighted by molar-refractivity contribution is 6.27. The minimum absolute atomic E-state index is 0.259. The van der Waals surface area contributed by atoms with Gasteiger partial charge in [0, 0.05) is 0 Å². The van der Waals surface area contributed by atoms with Crippen LogP contribution in [0, 0.1) is 0 Å². The van der Waals surface area contributed by atoms with Crippen LogP contribution < -0.4 is 5.32 Å². The monoisotopic (exact) mass is 257 g/mol. The molecule has 1 aromatic rings. The van der Waals surface area contributed by atoms with Gasteiger partial charge in [0.05, 0.1) is 6.04 Å². The van der Waals surface area contributed by atoms with Gasteiger partial charge in [-0.2, -0.15) is 18.2 Å². The molecule has 0 aliphatic rings. The molecule has 9 heteroatoms. The van der Waals surface area contributed by atoms with E-state index < -0.39 is 24.0 Å². The number of carbonyl (C=O) groups excluding carboxylic acids is 1. The van der Waals surface area contributed by atoms with Crippen molar-refractivity contribution in [1.29, 1.82) is 0 Å². The van der Waals surface area contributed by atoms with Crippen LogP contribution in [0.3, 0.4) is 0 Å². The molecule has 0 spiro atoms. The van der Waals surface area contributed by atoms with E-state index in [1.807, 2.05) is 0 Å². The molecule has 0 aliphatic carbocycles. The number of carbonyl (C=O) groups is 1. The summed E-state index contributed by atoms with van der Waals surface area (Å²) in [6.07, 6.45) is -4.69. The Kier molecular flexibility index (Phi) is 3.74. The van der Waals surface area contributed by atoms with Crippen LogP contribution in [-0.4, -0.2) is 21.9 Å². The largest absolute Gasteiger partial charge is 0.471 e. The van der Waals surface area contributed by atoms with Gasteiger partial charge in [0.1, 0.15) is 5.88 Å². The molecule has 1 amide bonds. The van der Waals surface area contributed by atoms with Crippen molar-refractivity contribution in [3.8, 4) is 0 Å². The molecule has 5 nitrogen and oxygen atoms in total. The lowest BCUT2D eigenvalue weighted by Gasteiger charge is -2.07. The molecule has 0 aromatic carbocycles. The third-order valence-corrected chi connectivity index (χ3v) is 1.81. The molecule has 0 bridgehead atoms. The molecule has 0 saturated heterocycles. The van der Waals surface area contributed by atoms with Crippen LogP contribution in [-0.2, 0) is 11.0 Å². The Labute approximate surface area is 93.0 Å². The number of hydrogen-bond acceptors (Lipinski definition) is 4. The normalized spacial score (nSPS) is 13.6. The number of nitrogens with zero attached hydrogens (tertiary/aromatic N) is 2. The van der Waals surface area contributed by atoms with Gasteiger partial charge in [-0.3, -0.25) is 4.79 Å². The fourth-order valence-corrected chi connectivity index (χ4v) is 0.948. The molecular formula is C7H7ClF3N3O2. The highest BCUT2D eigenvalue weighted by atomic mass is 35.5. The van der Waals surface area contributed by atoms with E-state index in [2.05, 4.69) is 20.0 Å². The van der Waals surface area contributed by atoms with Gasteiger partial charge >= 0.3 is 12.1 Å². The minimum atomic E-state index is -4.69. The number of hydrogen-bond donors (Lipinski definition) is 1.